The summed E-state index contributed by atoms with van der Waals surface area (Å²) in [5, 5.41) is 3.02. The number of aromatic amines is 1. The van der Waals surface area contributed by atoms with Crippen molar-refractivity contribution in [2.24, 2.45) is 0 Å². The minimum atomic E-state index is 0.00888. The topological polar surface area (TPSA) is 57.8 Å². The van der Waals surface area contributed by atoms with E-state index in [9.17, 15) is 4.79 Å². The van der Waals surface area contributed by atoms with Gasteiger partial charge in [0.25, 0.3) is 0 Å². The van der Waals surface area contributed by atoms with Crippen molar-refractivity contribution < 1.29 is 4.79 Å². The average molecular weight is 279 g/mol. The average Bonchev–Trinajstić information content (AvgIpc) is 2.95. The minimum Gasteiger partial charge on any atom is -0.349 e. The van der Waals surface area contributed by atoms with E-state index in [0.29, 0.717) is 6.42 Å². The Morgan fingerprint density at radius 1 is 1.24 bits per heavy atom. The van der Waals surface area contributed by atoms with E-state index in [1.165, 1.54) is 0 Å². The number of hydrogen-bond acceptors (Lipinski definition) is 2. The summed E-state index contributed by atoms with van der Waals surface area (Å²) in [4.78, 5) is 19.4. The fourth-order valence-electron chi connectivity index (χ4n) is 2.40. The number of aromatic nitrogens is 2. The van der Waals surface area contributed by atoms with Crippen LogP contribution in [0.1, 0.15) is 24.1 Å². The monoisotopic (exact) mass is 279 g/mol. The van der Waals surface area contributed by atoms with Gasteiger partial charge in [-0.2, -0.15) is 0 Å². The number of carbonyl (C=O) groups excluding carboxylic acids is 1. The van der Waals surface area contributed by atoms with Crippen molar-refractivity contribution in [3.63, 3.8) is 0 Å². The van der Waals surface area contributed by atoms with Crippen molar-refractivity contribution >= 4 is 16.9 Å². The van der Waals surface area contributed by atoms with Gasteiger partial charge in [-0.3, -0.25) is 4.79 Å². The number of rotatable bonds is 4. The zero-order valence-electron chi connectivity index (χ0n) is 11.8. The third-order valence-corrected chi connectivity index (χ3v) is 3.53. The zero-order valence-corrected chi connectivity index (χ0v) is 11.8. The molecule has 0 aliphatic heterocycles. The van der Waals surface area contributed by atoms with E-state index < -0.39 is 0 Å². The molecular weight excluding hydrogens is 262 g/mol. The molecular formula is C17H17N3O. The maximum absolute atomic E-state index is 12.1. The Morgan fingerprint density at radius 3 is 2.86 bits per heavy atom. The Labute approximate surface area is 123 Å². The predicted molar refractivity (Wildman–Crippen MR) is 82.8 cm³/mol. The van der Waals surface area contributed by atoms with Gasteiger partial charge >= 0.3 is 0 Å². The molecule has 1 heterocycles. The van der Waals surface area contributed by atoms with E-state index in [1.54, 1.807) is 6.33 Å². The van der Waals surface area contributed by atoms with Gasteiger partial charge < -0.3 is 10.3 Å². The number of H-pyrrole nitrogens is 1. The normalized spacial score (nSPS) is 12.2. The lowest BCUT2D eigenvalue weighted by atomic mass is 10.1. The molecule has 1 atom stereocenters. The van der Waals surface area contributed by atoms with Crippen LogP contribution in [0.15, 0.2) is 54.9 Å². The zero-order chi connectivity index (χ0) is 14.7. The Kier molecular flexibility index (Phi) is 3.69. The van der Waals surface area contributed by atoms with E-state index in [0.717, 1.165) is 22.2 Å². The van der Waals surface area contributed by atoms with Crippen LogP contribution in [0, 0.1) is 0 Å². The number of imidazole rings is 1. The first-order valence-electron chi connectivity index (χ1n) is 6.99. The molecule has 2 N–H and O–H groups in total. The summed E-state index contributed by atoms with van der Waals surface area (Å²) in [7, 11) is 0. The standard InChI is InChI=1S/C17H17N3O/c1-12(14-5-3-2-4-6-14)20-17(21)10-13-7-8-15-16(9-13)19-11-18-15/h2-9,11-12H,10H2,1H3,(H,18,19)(H,20,21). The van der Waals surface area contributed by atoms with Gasteiger partial charge in [0, 0.05) is 0 Å². The van der Waals surface area contributed by atoms with E-state index in [1.807, 2.05) is 55.5 Å². The molecule has 1 unspecified atom stereocenters. The lowest BCUT2D eigenvalue weighted by Gasteiger charge is -2.14. The van der Waals surface area contributed by atoms with Crippen LogP contribution < -0.4 is 5.32 Å². The smallest absolute Gasteiger partial charge is 0.224 e. The lowest BCUT2D eigenvalue weighted by Crippen LogP contribution is -2.28. The predicted octanol–water partition coefficient (Wildman–Crippen LogP) is 2.98. The Morgan fingerprint density at radius 2 is 2.05 bits per heavy atom. The molecule has 3 rings (SSSR count). The molecule has 1 aromatic heterocycles. The van der Waals surface area contributed by atoms with Crippen molar-refractivity contribution in [2.45, 2.75) is 19.4 Å². The summed E-state index contributed by atoms with van der Waals surface area (Å²) < 4.78 is 0. The van der Waals surface area contributed by atoms with Gasteiger partial charge in [0.2, 0.25) is 5.91 Å². The van der Waals surface area contributed by atoms with Crippen LogP contribution in [0.5, 0.6) is 0 Å². The number of amides is 1. The molecule has 0 aliphatic rings. The molecule has 1 amide bonds. The summed E-state index contributed by atoms with van der Waals surface area (Å²) >= 11 is 0. The molecule has 3 aromatic rings. The molecule has 4 heteroatoms. The number of hydrogen-bond donors (Lipinski definition) is 2. The first-order valence-corrected chi connectivity index (χ1v) is 6.99. The molecule has 21 heavy (non-hydrogen) atoms. The number of nitrogens with zero attached hydrogens (tertiary/aromatic N) is 1. The van der Waals surface area contributed by atoms with Gasteiger partial charge in [-0.05, 0) is 30.2 Å². The van der Waals surface area contributed by atoms with Gasteiger partial charge in [0.15, 0.2) is 0 Å². The molecule has 4 nitrogen and oxygen atoms in total. The Bertz CT molecular complexity index is 749. The fraction of sp³-hybridized carbons (Fsp3) is 0.176. The number of nitrogens with one attached hydrogen (secondary N) is 2. The van der Waals surface area contributed by atoms with E-state index in [4.69, 9.17) is 0 Å². The number of carbonyl (C=O) groups is 1. The minimum absolute atomic E-state index is 0.00888. The first-order chi connectivity index (χ1) is 10.2. The van der Waals surface area contributed by atoms with Crippen LogP contribution in [0.2, 0.25) is 0 Å². The molecule has 0 fully saturated rings. The highest BCUT2D eigenvalue weighted by atomic mass is 16.1. The third-order valence-electron chi connectivity index (χ3n) is 3.53. The highest BCUT2D eigenvalue weighted by molar-refractivity contribution is 5.81. The highest BCUT2D eigenvalue weighted by Gasteiger charge is 2.10. The lowest BCUT2D eigenvalue weighted by molar-refractivity contribution is -0.121. The fourth-order valence-corrected chi connectivity index (χ4v) is 2.40. The summed E-state index contributed by atoms with van der Waals surface area (Å²) in [6.45, 7) is 1.99. The molecule has 0 bridgehead atoms. The second-order valence-electron chi connectivity index (χ2n) is 5.13. The van der Waals surface area contributed by atoms with E-state index in [-0.39, 0.29) is 11.9 Å². The SMILES string of the molecule is CC(NC(=O)Cc1ccc2nc[nH]c2c1)c1ccccc1. The Hall–Kier alpha value is -2.62. The van der Waals surface area contributed by atoms with Gasteiger partial charge in [-0.15, -0.1) is 0 Å². The quantitative estimate of drug-likeness (QED) is 0.771. The number of fused-ring (bicyclic) bond motifs is 1. The van der Waals surface area contributed by atoms with Gasteiger partial charge in [0.1, 0.15) is 0 Å². The molecule has 0 radical (unpaired) electrons. The number of benzene rings is 2. The van der Waals surface area contributed by atoms with Crippen molar-refractivity contribution in [2.75, 3.05) is 0 Å². The third kappa shape index (κ3) is 3.11. The van der Waals surface area contributed by atoms with Crippen LogP contribution >= 0.6 is 0 Å². The van der Waals surface area contributed by atoms with E-state index in [2.05, 4.69) is 15.3 Å². The van der Waals surface area contributed by atoms with Crippen molar-refractivity contribution in [3.8, 4) is 0 Å². The molecule has 0 saturated carbocycles. The second-order valence-corrected chi connectivity index (χ2v) is 5.13. The van der Waals surface area contributed by atoms with Gasteiger partial charge in [-0.25, -0.2) is 4.98 Å². The molecule has 0 saturated heterocycles. The highest BCUT2D eigenvalue weighted by Crippen LogP contribution is 2.14. The summed E-state index contributed by atoms with van der Waals surface area (Å²) in [5.74, 6) is 0.0187. The maximum Gasteiger partial charge on any atom is 0.224 e. The summed E-state index contributed by atoms with van der Waals surface area (Å²) in [6.07, 6.45) is 2.03. The van der Waals surface area contributed by atoms with Crippen LogP contribution in [0.25, 0.3) is 11.0 Å². The van der Waals surface area contributed by atoms with Crippen molar-refractivity contribution in [3.05, 3.63) is 66.0 Å². The molecule has 106 valence electrons. The van der Waals surface area contributed by atoms with Gasteiger partial charge in [-0.1, -0.05) is 36.4 Å². The van der Waals surface area contributed by atoms with Crippen LogP contribution in [-0.2, 0) is 11.2 Å². The molecule has 0 aliphatic carbocycles. The molecule has 0 spiro atoms. The maximum atomic E-state index is 12.1. The molecule has 2 aromatic carbocycles. The van der Waals surface area contributed by atoms with Crippen molar-refractivity contribution in [1.82, 2.24) is 15.3 Å². The van der Waals surface area contributed by atoms with E-state index >= 15 is 0 Å². The summed E-state index contributed by atoms with van der Waals surface area (Å²) in [5.41, 5.74) is 3.95. The van der Waals surface area contributed by atoms with Crippen LogP contribution in [0.3, 0.4) is 0 Å². The van der Waals surface area contributed by atoms with Crippen molar-refractivity contribution in [1.29, 1.82) is 0 Å². The summed E-state index contributed by atoms with van der Waals surface area (Å²) in [6, 6.07) is 15.8. The second kappa shape index (κ2) is 5.79. The first kappa shape index (κ1) is 13.4. The largest absolute Gasteiger partial charge is 0.349 e. The van der Waals surface area contributed by atoms with Crippen LogP contribution in [0.4, 0.5) is 0 Å². The Balaban J connectivity index is 1.66. The van der Waals surface area contributed by atoms with Crippen LogP contribution in [-0.4, -0.2) is 15.9 Å². The van der Waals surface area contributed by atoms with Gasteiger partial charge in [0.05, 0.1) is 29.8 Å².